The van der Waals surface area contributed by atoms with E-state index < -0.39 is 0 Å². The van der Waals surface area contributed by atoms with Crippen LogP contribution in [0.25, 0.3) is 0 Å². The highest BCUT2D eigenvalue weighted by Crippen LogP contribution is 2.23. The van der Waals surface area contributed by atoms with Crippen molar-refractivity contribution in [2.24, 2.45) is 5.73 Å². The molecule has 0 spiro atoms. The van der Waals surface area contributed by atoms with E-state index in [2.05, 4.69) is 19.1 Å². The minimum Gasteiger partial charge on any atom is -0.382 e. The van der Waals surface area contributed by atoms with E-state index in [1.165, 1.54) is 5.56 Å². The molecular weight excluding hydrogens is 202 g/mol. The van der Waals surface area contributed by atoms with Crippen molar-refractivity contribution in [1.29, 1.82) is 0 Å². The zero-order chi connectivity index (χ0) is 12.0. The van der Waals surface area contributed by atoms with E-state index in [4.69, 9.17) is 15.2 Å². The second-order valence-electron chi connectivity index (χ2n) is 4.00. The smallest absolute Gasteiger partial charge is 0.0976 e. The van der Waals surface area contributed by atoms with Crippen molar-refractivity contribution < 1.29 is 9.47 Å². The van der Waals surface area contributed by atoms with Crippen LogP contribution in [0.3, 0.4) is 0 Å². The summed E-state index contributed by atoms with van der Waals surface area (Å²) in [5.74, 6) is 0. The number of ether oxygens (including phenoxy) is 2. The van der Waals surface area contributed by atoms with Crippen LogP contribution in [0, 0.1) is 6.92 Å². The van der Waals surface area contributed by atoms with Crippen molar-refractivity contribution in [3.8, 4) is 0 Å². The van der Waals surface area contributed by atoms with Gasteiger partial charge in [0.05, 0.1) is 19.3 Å². The Morgan fingerprint density at radius 3 is 2.50 bits per heavy atom. The SMILES string of the molecule is COCCOC(c1ccccc1C)C(C)N. The minimum atomic E-state index is -0.0589. The molecule has 0 saturated heterocycles. The van der Waals surface area contributed by atoms with Gasteiger partial charge in [0.1, 0.15) is 0 Å². The Kier molecular flexibility index (Phi) is 5.46. The fourth-order valence-electron chi connectivity index (χ4n) is 1.69. The van der Waals surface area contributed by atoms with Gasteiger partial charge in [0.25, 0.3) is 0 Å². The van der Waals surface area contributed by atoms with Crippen molar-refractivity contribution in [2.75, 3.05) is 20.3 Å². The molecule has 2 N–H and O–H groups in total. The first-order chi connectivity index (χ1) is 7.66. The molecule has 3 nitrogen and oxygen atoms in total. The third-order valence-corrected chi connectivity index (χ3v) is 2.56. The molecule has 0 bridgehead atoms. The van der Waals surface area contributed by atoms with Gasteiger partial charge in [0.15, 0.2) is 0 Å². The Morgan fingerprint density at radius 2 is 1.94 bits per heavy atom. The van der Waals surface area contributed by atoms with Crippen LogP contribution < -0.4 is 5.73 Å². The maximum Gasteiger partial charge on any atom is 0.0976 e. The van der Waals surface area contributed by atoms with Crippen molar-refractivity contribution in [1.82, 2.24) is 0 Å². The molecule has 0 aliphatic carbocycles. The van der Waals surface area contributed by atoms with E-state index in [-0.39, 0.29) is 12.1 Å². The summed E-state index contributed by atoms with van der Waals surface area (Å²) in [6.45, 7) is 5.19. The molecular formula is C13H21NO2. The van der Waals surface area contributed by atoms with E-state index in [0.717, 1.165) is 5.56 Å². The molecule has 1 rings (SSSR count). The summed E-state index contributed by atoms with van der Waals surface area (Å²) in [4.78, 5) is 0. The van der Waals surface area contributed by atoms with Gasteiger partial charge >= 0.3 is 0 Å². The Morgan fingerprint density at radius 1 is 1.25 bits per heavy atom. The Hall–Kier alpha value is -0.900. The van der Waals surface area contributed by atoms with E-state index in [9.17, 15) is 0 Å². The molecule has 3 heteroatoms. The average molecular weight is 223 g/mol. The lowest BCUT2D eigenvalue weighted by molar-refractivity contribution is 0.00588. The number of hydrogen-bond donors (Lipinski definition) is 1. The highest BCUT2D eigenvalue weighted by atomic mass is 16.5. The molecule has 0 aliphatic rings. The Balaban J connectivity index is 2.74. The van der Waals surface area contributed by atoms with Gasteiger partial charge in [-0.3, -0.25) is 0 Å². The van der Waals surface area contributed by atoms with E-state index in [1.54, 1.807) is 7.11 Å². The summed E-state index contributed by atoms with van der Waals surface area (Å²) in [5.41, 5.74) is 8.33. The monoisotopic (exact) mass is 223 g/mol. The van der Waals surface area contributed by atoms with Gasteiger partial charge in [-0.25, -0.2) is 0 Å². The van der Waals surface area contributed by atoms with Crippen LogP contribution in [0.1, 0.15) is 24.2 Å². The molecule has 90 valence electrons. The molecule has 0 aliphatic heterocycles. The molecule has 2 unspecified atom stereocenters. The zero-order valence-corrected chi connectivity index (χ0v) is 10.3. The van der Waals surface area contributed by atoms with Gasteiger partial charge in [-0.05, 0) is 25.0 Å². The van der Waals surface area contributed by atoms with Crippen molar-refractivity contribution in [3.63, 3.8) is 0 Å². The maximum atomic E-state index is 5.95. The molecule has 16 heavy (non-hydrogen) atoms. The number of hydrogen-bond acceptors (Lipinski definition) is 3. The normalized spacial score (nSPS) is 14.8. The second-order valence-corrected chi connectivity index (χ2v) is 4.00. The topological polar surface area (TPSA) is 44.5 Å². The largest absolute Gasteiger partial charge is 0.382 e. The van der Waals surface area contributed by atoms with Gasteiger partial charge in [0, 0.05) is 13.2 Å². The molecule has 0 amide bonds. The molecule has 0 aromatic heterocycles. The number of rotatable bonds is 6. The first-order valence-corrected chi connectivity index (χ1v) is 5.58. The fourth-order valence-corrected chi connectivity index (χ4v) is 1.69. The average Bonchev–Trinajstić information content (AvgIpc) is 2.25. The van der Waals surface area contributed by atoms with Crippen molar-refractivity contribution in [3.05, 3.63) is 35.4 Å². The van der Waals surface area contributed by atoms with Crippen LogP contribution in [0.2, 0.25) is 0 Å². The second kappa shape index (κ2) is 6.63. The van der Waals surface area contributed by atoms with Gasteiger partial charge in [-0.2, -0.15) is 0 Å². The van der Waals surface area contributed by atoms with Crippen LogP contribution in [0.15, 0.2) is 24.3 Å². The predicted octanol–water partition coefficient (Wildman–Crippen LogP) is 2.05. The lowest BCUT2D eigenvalue weighted by Crippen LogP contribution is -2.28. The van der Waals surface area contributed by atoms with Crippen LogP contribution in [-0.2, 0) is 9.47 Å². The van der Waals surface area contributed by atoms with Gasteiger partial charge < -0.3 is 15.2 Å². The molecule has 0 heterocycles. The van der Waals surface area contributed by atoms with Crippen LogP contribution >= 0.6 is 0 Å². The third-order valence-electron chi connectivity index (χ3n) is 2.56. The number of benzene rings is 1. The molecule has 0 fully saturated rings. The van der Waals surface area contributed by atoms with Crippen molar-refractivity contribution in [2.45, 2.75) is 26.0 Å². The lowest BCUT2D eigenvalue weighted by Gasteiger charge is -2.23. The first-order valence-electron chi connectivity index (χ1n) is 5.58. The fraction of sp³-hybridized carbons (Fsp3) is 0.538. The quantitative estimate of drug-likeness (QED) is 0.751. The van der Waals surface area contributed by atoms with Crippen LogP contribution in [0.5, 0.6) is 0 Å². The Labute approximate surface area is 97.6 Å². The van der Waals surface area contributed by atoms with Crippen molar-refractivity contribution >= 4 is 0 Å². The number of nitrogens with two attached hydrogens (primary N) is 1. The molecule has 0 radical (unpaired) electrons. The van der Waals surface area contributed by atoms with E-state index in [1.807, 2.05) is 19.1 Å². The predicted molar refractivity (Wildman–Crippen MR) is 65.4 cm³/mol. The zero-order valence-electron chi connectivity index (χ0n) is 10.3. The van der Waals surface area contributed by atoms with Crippen LogP contribution in [-0.4, -0.2) is 26.4 Å². The summed E-state index contributed by atoms with van der Waals surface area (Å²) in [5, 5.41) is 0. The highest BCUT2D eigenvalue weighted by Gasteiger charge is 2.18. The van der Waals surface area contributed by atoms with Gasteiger partial charge in [-0.1, -0.05) is 24.3 Å². The summed E-state index contributed by atoms with van der Waals surface area (Å²) in [7, 11) is 1.66. The summed E-state index contributed by atoms with van der Waals surface area (Å²) in [6.07, 6.45) is -0.0589. The van der Waals surface area contributed by atoms with Gasteiger partial charge in [-0.15, -0.1) is 0 Å². The lowest BCUT2D eigenvalue weighted by atomic mass is 9.99. The first kappa shape index (κ1) is 13.2. The summed E-state index contributed by atoms with van der Waals surface area (Å²) < 4.78 is 10.7. The maximum absolute atomic E-state index is 5.95. The summed E-state index contributed by atoms with van der Waals surface area (Å²) in [6, 6.07) is 8.14. The number of aryl methyl sites for hydroxylation is 1. The molecule has 2 atom stereocenters. The van der Waals surface area contributed by atoms with E-state index in [0.29, 0.717) is 13.2 Å². The summed E-state index contributed by atoms with van der Waals surface area (Å²) >= 11 is 0. The van der Waals surface area contributed by atoms with Crippen LogP contribution in [0.4, 0.5) is 0 Å². The van der Waals surface area contributed by atoms with E-state index >= 15 is 0 Å². The third kappa shape index (κ3) is 3.59. The molecule has 1 aromatic rings. The molecule has 0 saturated carbocycles. The standard InChI is InChI=1S/C13H21NO2/c1-10-6-4-5-7-12(10)13(11(2)14)16-9-8-15-3/h4-7,11,13H,8-9,14H2,1-3H3. The number of methoxy groups -OCH3 is 1. The highest BCUT2D eigenvalue weighted by molar-refractivity contribution is 5.28. The minimum absolute atomic E-state index is 0.0297. The van der Waals surface area contributed by atoms with Gasteiger partial charge in [0.2, 0.25) is 0 Å². The molecule has 1 aromatic carbocycles. The Bertz CT molecular complexity index is 313.